The van der Waals surface area contributed by atoms with Crippen LogP contribution in [0.1, 0.15) is 28.2 Å². The number of nitro benzene ring substituents is 1. The van der Waals surface area contributed by atoms with Gasteiger partial charge >= 0.3 is 6.09 Å². The van der Waals surface area contributed by atoms with E-state index in [4.69, 9.17) is 9.47 Å². The lowest BCUT2D eigenvalue weighted by Crippen LogP contribution is -2.38. The van der Waals surface area contributed by atoms with Crippen molar-refractivity contribution in [3.63, 3.8) is 0 Å². The smallest absolute Gasteiger partial charge is 0.410 e. The van der Waals surface area contributed by atoms with Crippen LogP contribution < -0.4 is 15.0 Å². The van der Waals surface area contributed by atoms with Gasteiger partial charge in [-0.05, 0) is 32.9 Å². The molecule has 42 heavy (non-hydrogen) atoms. The number of aryl methyl sites for hydroxylation is 1. The number of fused-ring (bicyclic) bond motifs is 1. The Balaban J connectivity index is 0.00000484. The predicted octanol–water partition coefficient (Wildman–Crippen LogP) is 6.23. The zero-order valence-corrected chi connectivity index (χ0v) is 24.3. The Morgan fingerprint density at radius 3 is 2.52 bits per heavy atom. The predicted molar refractivity (Wildman–Crippen MR) is 166 cm³/mol. The first kappa shape index (κ1) is 31.7. The number of rotatable bonds is 9. The van der Waals surface area contributed by atoms with Crippen LogP contribution in [0.2, 0.25) is 0 Å². The summed E-state index contributed by atoms with van der Waals surface area (Å²) >= 11 is 0. The lowest BCUT2D eigenvalue weighted by molar-refractivity contribution is -0.384. The summed E-state index contributed by atoms with van der Waals surface area (Å²) < 4.78 is 13.0. The molecule has 1 N–H and O–H groups in total. The van der Waals surface area contributed by atoms with Crippen molar-refractivity contribution in [2.45, 2.75) is 33.8 Å². The number of benzene rings is 2. The molecule has 224 valence electrons. The van der Waals surface area contributed by atoms with Crippen LogP contribution in [0.3, 0.4) is 0 Å². The molecule has 0 bridgehead atoms. The SMILES string of the molecule is C.COc1cc(N(C)CCN(C)C(=O)OC(C)(C)C)c([N+](=O)[O-])cc1Nc1nccc(-c2cn(C)c3ccccc23)n1. The molecule has 0 spiro atoms. The van der Waals surface area contributed by atoms with Crippen molar-refractivity contribution in [2.24, 2.45) is 7.05 Å². The van der Waals surface area contributed by atoms with E-state index in [0.29, 0.717) is 35.9 Å². The number of hydrogen-bond donors (Lipinski definition) is 1. The molecule has 0 radical (unpaired) electrons. The van der Waals surface area contributed by atoms with Crippen LogP contribution in [0.15, 0.2) is 54.9 Å². The van der Waals surface area contributed by atoms with Gasteiger partial charge in [0.2, 0.25) is 5.95 Å². The first-order valence-corrected chi connectivity index (χ1v) is 13.0. The molecule has 0 fully saturated rings. The molecule has 0 atom stereocenters. The molecule has 12 nitrogen and oxygen atoms in total. The zero-order chi connectivity index (χ0) is 29.9. The molecule has 4 rings (SSSR count). The van der Waals surface area contributed by atoms with Gasteiger partial charge in [-0.15, -0.1) is 0 Å². The van der Waals surface area contributed by atoms with Crippen LogP contribution in [0.5, 0.6) is 5.75 Å². The van der Waals surface area contributed by atoms with Gasteiger partial charge in [0, 0.05) is 75.2 Å². The number of ether oxygens (including phenoxy) is 2. The molecule has 0 saturated heterocycles. The van der Waals surface area contributed by atoms with E-state index in [9.17, 15) is 14.9 Å². The fraction of sp³-hybridized carbons (Fsp3) is 0.367. The molecule has 2 heterocycles. The molecule has 0 saturated carbocycles. The normalized spacial score (nSPS) is 11.0. The van der Waals surface area contributed by atoms with E-state index in [1.165, 1.54) is 18.1 Å². The number of nitro groups is 1. The lowest BCUT2D eigenvalue weighted by Gasteiger charge is -2.27. The number of hydrogen-bond acceptors (Lipinski definition) is 9. The Morgan fingerprint density at radius 1 is 1.14 bits per heavy atom. The van der Waals surface area contributed by atoms with E-state index in [2.05, 4.69) is 15.3 Å². The van der Waals surface area contributed by atoms with Gasteiger partial charge in [-0.25, -0.2) is 14.8 Å². The van der Waals surface area contributed by atoms with Crippen molar-refractivity contribution in [3.8, 4) is 17.0 Å². The summed E-state index contributed by atoms with van der Waals surface area (Å²) in [6.07, 6.45) is 3.17. The monoisotopic (exact) mass is 577 g/mol. The summed E-state index contributed by atoms with van der Waals surface area (Å²) in [6.45, 7) is 5.99. The van der Waals surface area contributed by atoms with E-state index in [-0.39, 0.29) is 19.1 Å². The third-order valence-electron chi connectivity index (χ3n) is 6.46. The van der Waals surface area contributed by atoms with Gasteiger partial charge in [0.25, 0.3) is 5.69 Å². The highest BCUT2D eigenvalue weighted by Gasteiger charge is 2.24. The largest absolute Gasteiger partial charge is 0.494 e. The Bertz CT molecular complexity index is 1580. The minimum absolute atomic E-state index is 0. The third kappa shape index (κ3) is 7.06. The maximum absolute atomic E-state index is 12.3. The second kappa shape index (κ2) is 12.8. The average molecular weight is 578 g/mol. The van der Waals surface area contributed by atoms with E-state index >= 15 is 0 Å². The highest BCUT2D eigenvalue weighted by Crippen LogP contribution is 2.39. The quantitative estimate of drug-likeness (QED) is 0.182. The Labute approximate surface area is 246 Å². The van der Waals surface area contributed by atoms with Crippen LogP contribution >= 0.6 is 0 Å². The number of anilines is 3. The lowest BCUT2D eigenvalue weighted by atomic mass is 10.1. The Kier molecular flexibility index (Phi) is 9.61. The third-order valence-corrected chi connectivity index (χ3v) is 6.46. The molecule has 0 aliphatic rings. The van der Waals surface area contributed by atoms with Crippen molar-refractivity contribution in [1.82, 2.24) is 19.4 Å². The van der Waals surface area contributed by atoms with Gasteiger partial charge < -0.3 is 29.2 Å². The number of para-hydroxylation sites is 1. The van der Waals surface area contributed by atoms with E-state index in [1.54, 1.807) is 52.0 Å². The summed E-state index contributed by atoms with van der Waals surface area (Å²) in [4.78, 5) is 36.1. The number of nitrogens with zero attached hydrogens (tertiary/aromatic N) is 6. The first-order chi connectivity index (χ1) is 19.4. The van der Waals surface area contributed by atoms with Gasteiger partial charge in [-0.2, -0.15) is 0 Å². The van der Waals surface area contributed by atoms with Gasteiger partial charge in [-0.1, -0.05) is 25.6 Å². The minimum Gasteiger partial charge on any atom is -0.494 e. The summed E-state index contributed by atoms with van der Waals surface area (Å²) in [6, 6.07) is 12.8. The van der Waals surface area contributed by atoms with Crippen molar-refractivity contribution in [1.29, 1.82) is 0 Å². The maximum Gasteiger partial charge on any atom is 0.410 e. The molecule has 0 unspecified atom stereocenters. The standard InChI is InChI=1S/C29H35N7O5.CH4/c1-29(2,3)41-28(37)34(5)15-14-33(4)24-17-26(40-7)22(16-25(24)36(38)39)32-27-30-13-12-21(31-27)20-18-35(6)23-11-9-8-10-19(20)23;/h8-13,16-18H,14-15H2,1-7H3,(H,30,31,32);1H4. The topological polar surface area (TPSA) is 128 Å². The highest BCUT2D eigenvalue weighted by molar-refractivity contribution is 5.95. The summed E-state index contributed by atoms with van der Waals surface area (Å²) in [7, 11) is 6.80. The molecular formula is C30H39N7O5. The first-order valence-electron chi connectivity index (χ1n) is 13.0. The number of nitrogens with one attached hydrogen (secondary N) is 1. The number of methoxy groups -OCH3 is 1. The van der Waals surface area contributed by atoms with Crippen LogP contribution in [0.25, 0.3) is 22.2 Å². The second-order valence-corrected chi connectivity index (χ2v) is 10.7. The molecule has 0 aliphatic heterocycles. The van der Waals surface area contributed by atoms with Crippen molar-refractivity contribution < 1.29 is 19.2 Å². The molecule has 4 aromatic rings. The maximum atomic E-state index is 12.3. The van der Waals surface area contributed by atoms with Gasteiger partial charge in [0.1, 0.15) is 17.0 Å². The van der Waals surface area contributed by atoms with E-state index in [1.807, 2.05) is 48.1 Å². The Morgan fingerprint density at radius 2 is 1.86 bits per heavy atom. The molecular weight excluding hydrogens is 538 g/mol. The van der Waals surface area contributed by atoms with E-state index in [0.717, 1.165) is 16.5 Å². The second-order valence-electron chi connectivity index (χ2n) is 10.7. The molecule has 12 heteroatoms. The molecule has 2 aromatic carbocycles. The summed E-state index contributed by atoms with van der Waals surface area (Å²) in [5.74, 6) is 0.639. The summed E-state index contributed by atoms with van der Waals surface area (Å²) in [5.41, 5.74) is 2.64. The van der Waals surface area contributed by atoms with E-state index < -0.39 is 16.6 Å². The number of aromatic nitrogens is 3. The fourth-order valence-corrected chi connectivity index (χ4v) is 4.36. The minimum atomic E-state index is -0.621. The number of likely N-dealkylation sites (N-methyl/N-ethyl adjacent to an activating group) is 2. The Hall–Kier alpha value is -4.87. The summed E-state index contributed by atoms with van der Waals surface area (Å²) in [5, 5.41) is 16.2. The zero-order valence-electron chi connectivity index (χ0n) is 24.3. The molecule has 2 aromatic heterocycles. The van der Waals surface area contributed by atoms with Crippen LogP contribution in [-0.4, -0.2) is 70.3 Å². The van der Waals surface area contributed by atoms with Gasteiger partial charge in [0.05, 0.1) is 23.4 Å². The van der Waals surface area contributed by atoms with Crippen molar-refractivity contribution in [2.75, 3.05) is 44.5 Å². The highest BCUT2D eigenvalue weighted by atomic mass is 16.6. The van der Waals surface area contributed by atoms with Crippen molar-refractivity contribution in [3.05, 3.63) is 65.0 Å². The van der Waals surface area contributed by atoms with Crippen molar-refractivity contribution >= 4 is 40.0 Å². The number of carbonyl (C=O) groups excluding carboxylic acids is 1. The molecule has 1 amide bonds. The molecule has 0 aliphatic carbocycles. The number of amides is 1. The van der Waals surface area contributed by atoms with Gasteiger partial charge in [-0.3, -0.25) is 10.1 Å². The fourth-order valence-electron chi connectivity index (χ4n) is 4.36. The van der Waals surface area contributed by atoms with Crippen LogP contribution in [-0.2, 0) is 11.8 Å². The van der Waals surface area contributed by atoms with Crippen LogP contribution in [0, 0.1) is 10.1 Å². The van der Waals surface area contributed by atoms with Gasteiger partial charge in [0.15, 0.2) is 0 Å². The van der Waals surface area contributed by atoms with Crippen LogP contribution in [0.4, 0.5) is 27.8 Å². The number of carbonyl (C=O) groups is 1. The average Bonchev–Trinajstić information content (AvgIpc) is 3.27.